The van der Waals surface area contributed by atoms with Crippen molar-refractivity contribution in [3.63, 3.8) is 0 Å². The summed E-state index contributed by atoms with van der Waals surface area (Å²) in [6.07, 6.45) is 4.06. The highest BCUT2D eigenvalue weighted by Gasteiger charge is 2.34. The fourth-order valence-electron chi connectivity index (χ4n) is 1.19. The quantitative estimate of drug-likeness (QED) is 0.548. The minimum absolute atomic E-state index is 0.399. The lowest BCUT2D eigenvalue weighted by molar-refractivity contribution is 0.128. The molecule has 1 aliphatic rings. The highest BCUT2D eigenvalue weighted by molar-refractivity contribution is 4.89. The molecule has 1 atom stereocenters. The van der Waals surface area contributed by atoms with E-state index in [9.17, 15) is 0 Å². The second-order valence-electron chi connectivity index (χ2n) is 3.30. The molecule has 0 aromatic carbocycles. The predicted molar refractivity (Wildman–Crippen MR) is 35.6 cm³/mol. The zero-order chi connectivity index (χ0) is 6.20. The number of hydrogen-bond acceptors (Lipinski definition) is 1. The second kappa shape index (κ2) is 1.73. The Labute approximate surface area is 51.3 Å². The number of hydrogen-bond donors (Lipinski definition) is 1. The van der Waals surface area contributed by atoms with Crippen LogP contribution in [0.4, 0.5) is 0 Å². The first-order valence-corrected chi connectivity index (χ1v) is 3.41. The molecule has 1 heteroatoms. The Hall–Kier alpha value is -0.0400. The van der Waals surface area contributed by atoms with E-state index in [0.29, 0.717) is 11.5 Å². The zero-order valence-corrected chi connectivity index (χ0v) is 5.78. The Kier molecular flexibility index (Phi) is 1.31. The fourth-order valence-corrected chi connectivity index (χ4v) is 1.19. The monoisotopic (exact) mass is 113 g/mol. The van der Waals surface area contributed by atoms with E-state index >= 15 is 0 Å². The van der Waals surface area contributed by atoms with Crippen molar-refractivity contribution in [2.75, 3.05) is 0 Å². The van der Waals surface area contributed by atoms with Crippen LogP contribution in [0.15, 0.2) is 0 Å². The van der Waals surface area contributed by atoms with Crippen LogP contribution >= 0.6 is 0 Å². The molecule has 0 radical (unpaired) electrons. The summed E-state index contributed by atoms with van der Waals surface area (Å²) in [7, 11) is 0. The third-order valence-electron chi connectivity index (χ3n) is 2.60. The summed E-state index contributed by atoms with van der Waals surface area (Å²) < 4.78 is 0. The van der Waals surface area contributed by atoms with E-state index in [2.05, 4.69) is 13.8 Å². The van der Waals surface area contributed by atoms with Crippen molar-refractivity contribution in [1.29, 1.82) is 0 Å². The highest BCUT2D eigenvalue weighted by atomic mass is 14.7. The van der Waals surface area contributed by atoms with Crippen LogP contribution in [0.2, 0.25) is 0 Å². The maximum absolute atomic E-state index is 5.73. The molecule has 1 saturated carbocycles. The van der Waals surface area contributed by atoms with Crippen LogP contribution in [0.25, 0.3) is 0 Å². The van der Waals surface area contributed by atoms with Crippen molar-refractivity contribution >= 4 is 0 Å². The molecular formula is C7H15N. The summed E-state index contributed by atoms with van der Waals surface area (Å²) in [5.41, 5.74) is 6.23. The average Bonchev–Trinajstić information content (AvgIpc) is 1.60. The Morgan fingerprint density at radius 3 is 2.00 bits per heavy atom. The van der Waals surface area contributed by atoms with Crippen LogP contribution in [0.3, 0.4) is 0 Å². The standard InChI is InChI=1S/C7H15N/c1-6(8)7(2)4-3-5-7/h6H,3-5,8H2,1-2H3. The van der Waals surface area contributed by atoms with Gasteiger partial charge in [0.15, 0.2) is 0 Å². The largest absolute Gasteiger partial charge is 0.327 e. The first kappa shape index (κ1) is 6.09. The zero-order valence-electron chi connectivity index (χ0n) is 5.78. The molecule has 0 heterocycles. The minimum atomic E-state index is 0.399. The third-order valence-corrected chi connectivity index (χ3v) is 2.60. The van der Waals surface area contributed by atoms with Gasteiger partial charge in [0.25, 0.3) is 0 Å². The van der Waals surface area contributed by atoms with Crippen molar-refractivity contribution < 1.29 is 0 Å². The van der Waals surface area contributed by atoms with E-state index in [0.717, 1.165) is 0 Å². The van der Waals surface area contributed by atoms with Gasteiger partial charge in [0.1, 0.15) is 0 Å². The molecule has 0 amide bonds. The van der Waals surface area contributed by atoms with Crippen molar-refractivity contribution in [2.45, 2.75) is 39.2 Å². The normalized spacial score (nSPS) is 28.9. The van der Waals surface area contributed by atoms with E-state index in [1.165, 1.54) is 19.3 Å². The van der Waals surface area contributed by atoms with Gasteiger partial charge in [-0.3, -0.25) is 0 Å². The van der Waals surface area contributed by atoms with Gasteiger partial charge >= 0.3 is 0 Å². The van der Waals surface area contributed by atoms with E-state index < -0.39 is 0 Å². The predicted octanol–water partition coefficient (Wildman–Crippen LogP) is 1.52. The average molecular weight is 113 g/mol. The van der Waals surface area contributed by atoms with Crippen molar-refractivity contribution in [1.82, 2.24) is 0 Å². The Morgan fingerprint density at radius 2 is 2.00 bits per heavy atom. The maximum Gasteiger partial charge on any atom is 0.00643 e. The van der Waals surface area contributed by atoms with Crippen molar-refractivity contribution in [3.8, 4) is 0 Å². The summed E-state index contributed by atoms with van der Waals surface area (Å²) in [6.45, 7) is 4.39. The van der Waals surface area contributed by atoms with E-state index in [4.69, 9.17) is 5.73 Å². The van der Waals surface area contributed by atoms with Crippen molar-refractivity contribution in [3.05, 3.63) is 0 Å². The summed E-state index contributed by atoms with van der Waals surface area (Å²) in [5.74, 6) is 0. The van der Waals surface area contributed by atoms with Crippen LogP contribution in [0, 0.1) is 5.41 Å². The summed E-state index contributed by atoms with van der Waals surface area (Å²) in [4.78, 5) is 0. The maximum atomic E-state index is 5.73. The molecule has 2 N–H and O–H groups in total. The lowest BCUT2D eigenvalue weighted by Gasteiger charge is -2.41. The molecule has 1 fully saturated rings. The molecule has 0 saturated heterocycles. The number of rotatable bonds is 1. The smallest absolute Gasteiger partial charge is 0.00643 e. The topological polar surface area (TPSA) is 26.0 Å². The van der Waals surface area contributed by atoms with Gasteiger partial charge in [-0.1, -0.05) is 13.3 Å². The number of nitrogens with two attached hydrogens (primary N) is 1. The lowest BCUT2D eigenvalue weighted by Crippen LogP contribution is -2.42. The molecule has 0 aromatic heterocycles. The molecule has 1 rings (SSSR count). The van der Waals surface area contributed by atoms with E-state index in [-0.39, 0.29) is 0 Å². The lowest BCUT2D eigenvalue weighted by atomic mass is 9.66. The van der Waals surface area contributed by atoms with Gasteiger partial charge in [-0.15, -0.1) is 0 Å². The molecule has 48 valence electrons. The van der Waals surface area contributed by atoms with Gasteiger partial charge in [-0.25, -0.2) is 0 Å². The fraction of sp³-hybridized carbons (Fsp3) is 1.00. The van der Waals surface area contributed by atoms with Gasteiger partial charge in [0.2, 0.25) is 0 Å². The molecule has 1 aliphatic carbocycles. The van der Waals surface area contributed by atoms with E-state index in [1.807, 2.05) is 0 Å². The van der Waals surface area contributed by atoms with Crippen LogP contribution < -0.4 is 5.73 Å². The third kappa shape index (κ3) is 0.752. The van der Waals surface area contributed by atoms with Crippen molar-refractivity contribution in [2.24, 2.45) is 11.1 Å². The molecule has 0 aliphatic heterocycles. The molecule has 1 nitrogen and oxygen atoms in total. The summed E-state index contributed by atoms with van der Waals surface area (Å²) >= 11 is 0. The Balaban J connectivity index is 2.41. The van der Waals surface area contributed by atoms with Gasteiger partial charge in [-0.05, 0) is 25.2 Å². The summed E-state index contributed by atoms with van der Waals surface area (Å²) in [5, 5.41) is 0. The molecule has 0 spiro atoms. The summed E-state index contributed by atoms with van der Waals surface area (Å²) in [6, 6.07) is 0.399. The van der Waals surface area contributed by atoms with Gasteiger partial charge in [0, 0.05) is 6.04 Å². The second-order valence-corrected chi connectivity index (χ2v) is 3.30. The SMILES string of the molecule is CC(N)C1(C)CCC1. The molecular weight excluding hydrogens is 98.1 g/mol. The molecule has 8 heavy (non-hydrogen) atoms. The Bertz CT molecular complexity index is 82.4. The van der Waals surface area contributed by atoms with Crippen LogP contribution in [-0.4, -0.2) is 6.04 Å². The molecule has 1 unspecified atom stereocenters. The van der Waals surface area contributed by atoms with Crippen LogP contribution in [0.1, 0.15) is 33.1 Å². The van der Waals surface area contributed by atoms with Crippen LogP contribution in [0.5, 0.6) is 0 Å². The molecule has 0 bridgehead atoms. The molecule has 0 aromatic rings. The highest BCUT2D eigenvalue weighted by Crippen LogP contribution is 2.42. The minimum Gasteiger partial charge on any atom is -0.327 e. The van der Waals surface area contributed by atoms with E-state index in [1.54, 1.807) is 0 Å². The van der Waals surface area contributed by atoms with Gasteiger partial charge in [0.05, 0.1) is 0 Å². The first-order chi connectivity index (χ1) is 3.65. The Morgan fingerprint density at radius 1 is 1.50 bits per heavy atom. The first-order valence-electron chi connectivity index (χ1n) is 3.41. The van der Waals surface area contributed by atoms with Gasteiger partial charge < -0.3 is 5.73 Å². The van der Waals surface area contributed by atoms with Gasteiger partial charge in [-0.2, -0.15) is 0 Å². The van der Waals surface area contributed by atoms with Crippen LogP contribution in [-0.2, 0) is 0 Å².